The Morgan fingerprint density at radius 3 is 2.68 bits per heavy atom. The third kappa shape index (κ3) is 3.82. The Bertz CT molecular complexity index is 449. The van der Waals surface area contributed by atoms with Crippen molar-refractivity contribution in [1.82, 2.24) is 0 Å². The van der Waals surface area contributed by atoms with Crippen molar-refractivity contribution in [3.05, 3.63) is 27.8 Å². The molecule has 0 fully saturated rings. The SMILES string of the molecule is CCCCC[C@H](N)c1cc(OC)c(O)c([N+](=O)[O-])c1. The lowest BCUT2D eigenvalue weighted by atomic mass is 10.00. The van der Waals surface area contributed by atoms with Gasteiger partial charge in [-0.05, 0) is 18.1 Å². The summed E-state index contributed by atoms with van der Waals surface area (Å²) in [5.74, 6) is -0.382. The molecule has 106 valence electrons. The van der Waals surface area contributed by atoms with Crippen LogP contribution in [0.5, 0.6) is 11.5 Å². The Balaban J connectivity index is 3.00. The van der Waals surface area contributed by atoms with Crippen LogP contribution in [0.15, 0.2) is 12.1 Å². The first kappa shape index (κ1) is 15.2. The second kappa shape index (κ2) is 6.94. The summed E-state index contributed by atoms with van der Waals surface area (Å²) in [5.41, 5.74) is 6.25. The molecule has 0 heterocycles. The first-order valence-corrected chi connectivity index (χ1v) is 6.32. The number of nitrogens with two attached hydrogens (primary N) is 1. The van der Waals surface area contributed by atoms with Crippen LogP contribution in [0.25, 0.3) is 0 Å². The van der Waals surface area contributed by atoms with E-state index in [1.807, 2.05) is 0 Å². The van der Waals surface area contributed by atoms with Gasteiger partial charge < -0.3 is 15.6 Å². The number of methoxy groups -OCH3 is 1. The average molecular weight is 268 g/mol. The number of hydrogen-bond acceptors (Lipinski definition) is 5. The van der Waals surface area contributed by atoms with Gasteiger partial charge in [-0.25, -0.2) is 0 Å². The highest BCUT2D eigenvalue weighted by molar-refractivity contribution is 5.57. The third-order valence-corrected chi connectivity index (χ3v) is 3.04. The van der Waals surface area contributed by atoms with Gasteiger partial charge in [-0.1, -0.05) is 26.2 Å². The van der Waals surface area contributed by atoms with Crippen LogP contribution in [0.1, 0.15) is 44.2 Å². The molecule has 0 amide bonds. The topological polar surface area (TPSA) is 98.6 Å². The van der Waals surface area contributed by atoms with Crippen molar-refractivity contribution >= 4 is 5.69 Å². The number of rotatable bonds is 7. The van der Waals surface area contributed by atoms with Gasteiger partial charge in [-0.3, -0.25) is 10.1 Å². The highest BCUT2D eigenvalue weighted by atomic mass is 16.6. The maximum atomic E-state index is 10.9. The lowest BCUT2D eigenvalue weighted by Gasteiger charge is -2.13. The van der Waals surface area contributed by atoms with Gasteiger partial charge in [0.2, 0.25) is 5.75 Å². The number of aromatic hydroxyl groups is 1. The van der Waals surface area contributed by atoms with Gasteiger partial charge in [0.05, 0.1) is 12.0 Å². The zero-order valence-corrected chi connectivity index (χ0v) is 11.3. The maximum Gasteiger partial charge on any atom is 0.314 e. The van der Waals surface area contributed by atoms with Crippen molar-refractivity contribution < 1.29 is 14.8 Å². The smallest absolute Gasteiger partial charge is 0.314 e. The van der Waals surface area contributed by atoms with E-state index >= 15 is 0 Å². The molecule has 0 saturated carbocycles. The average Bonchev–Trinajstić information content (AvgIpc) is 2.38. The number of hydrogen-bond donors (Lipinski definition) is 2. The van der Waals surface area contributed by atoms with Gasteiger partial charge in [0.25, 0.3) is 0 Å². The van der Waals surface area contributed by atoms with Gasteiger partial charge in [-0.15, -0.1) is 0 Å². The fourth-order valence-electron chi connectivity index (χ4n) is 1.90. The van der Waals surface area contributed by atoms with E-state index in [-0.39, 0.29) is 17.5 Å². The van der Waals surface area contributed by atoms with Gasteiger partial charge in [0.1, 0.15) is 0 Å². The van der Waals surface area contributed by atoms with E-state index in [4.69, 9.17) is 10.5 Å². The Morgan fingerprint density at radius 1 is 1.47 bits per heavy atom. The van der Waals surface area contributed by atoms with Crippen molar-refractivity contribution in [2.45, 2.75) is 38.6 Å². The Hall–Kier alpha value is -1.82. The largest absolute Gasteiger partial charge is 0.500 e. The Kier molecular flexibility index (Phi) is 5.57. The molecule has 0 aliphatic heterocycles. The predicted octanol–water partition coefficient (Wildman–Crippen LogP) is 2.89. The van der Waals surface area contributed by atoms with Crippen molar-refractivity contribution in [3.8, 4) is 11.5 Å². The number of nitrogens with zero attached hydrogens (tertiary/aromatic N) is 1. The standard InChI is InChI=1S/C13H20N2O4/c1-3-4-5-6-10(14)9-7-11(15(17)18)13(16)12(8-9)19-2/h7-8,10,16H,3-6,14H2,1-2H3/t10-/m0/s1. The number of unbranched alkanes of at least 4 members (excludes halogenated alkanes) is 2. The molecule has 0 bridgehead atoms. The highest BCUT2D eigenvalue weighted by Crippen LogP contribution is 2.38. The molecule has 6 heteroatoms. The summed E-state index contributed by atoms with van der Waals surface area (Å²) in [5, 5.41) is 20.5. The van der Waals surface area contributed by atoms with E-state index in [1.165, 1.54) is 13.2 Å². The molecule has 19 heavy (non-hydrogen) atoms. The van der Waals surface area contributed by atoms with Crippen molar-refractivity contribution in [2.24, 2.45) is 5.73 Å². The zero-order chi connectivity index (χ0) is 14.4. The number of nitro benzene ring substituents is 1. The van der Waals surface area contributed by atoms with Crippen molar-refractivity contribution in [2.75, 3.05) is 7.11 Å². The molecule has 3 N–H and O–H groups in total. The van der Waals surface area contributed by atoms with E-state index in [0.29, 0.717) is 5.56 Å². The van der Waals surface area contributed by atoms with Crippen LogP contribution in [-0.4, -0.2) is 17.1 Å². The Morgan fingerprint density at radius 2 is 2.16 bits per heavy atom. The van der Waals surface area contributed by atoms with Crippen LogP contribution in [-0.2, 0) is 0 Å². The second-order valence-electron chi connectivity index (χ2n) is 4.45. The summed E-state index contributed by atoms with van der Waals surface area (Å²) in [4.78, 5) is 10.2. The van der Waals surface area contributed by atoms with E-state index in [0.717, 1.165) is 25.7 Å². The molecule has 0 saturated heterocycles. The molecule has 1 aromatic rings. The lowest BCUT2D eigenvalue weighted by molar-refractivity contribution is -0.386. The zero-order valence-electron chi connectivity index (χ0n) is 11.3. The summed E-state index contributed by atoms with van der Waals surface area (Å²) in [6.45, 7) is 2.10. The summed E-state index contributed by atoms with van der Waals surface area (Å²) >= 11 is 0. The molecule has 1 atom stereocenters. The van der Waals surface area contributed by atoms with Crippen LogP contribution < -0.4 is 10.5 Å². The molecule has 0 radical (unpaired) electrons. The third-order valence-electron chi connectivity index (χ3n) is 3.04. The normalized spacial score (nSPS) is 12.2. The molecular formula is C13H20N2O4. The van der Waals surface area contributed by atoms with Crippen LogP contribution >= 0.6 is 0 Å². The monoisotopic (exact) mass is 268 g/mol. The fourth-order valence-corrected chi connectivity index (χ4v) is 1.90. The molecule has 0 aliphatic rings. The molecule has 0 aromatic heterocycles. The number of nitro groups is 1. The molecule has 1 aromatic carbocycles. The quantitative estimate of drug-likeness (QED) is 0.450. The molecule has 0 aliphatic carbocycles. The van der Waals surface area contributed by atoms with Gasteiger partial charge in [-0.2, -0.15) is 0 Å². The van der Waals surface area contributed by atoms with Gasteiger partial charge >= 0.3 is 5.69 Å². The highest BCUT2D eigenvalue weighted by Gasteiger charge is 2.21. The van der Waals surface area contributed by atoms with E-state index in [9.17, 15) is 15.2 Å². The minimum atomic E-state index is -0.639. The van der Waals surface area contributed by atoms with Gasteiger partial charge in [0.15, 0.2) is 5.75 Å². The molecule has 0 unspecified atom stereocenters. The van der Waals surface area contributed by atoms with E-state index in [2.05, 4.69) is 6.92 Å². The van der Waals surface area contributed by atoms with Crippen LogP contribution in [0.2, 0.25) is 0 Å². The molecular weight excluding hydrogens is 248 g/mol. The van der Waals surface area contributed by atoms with Crippen LogP contribution in [0, 0.1) is 10.1 Å². The van der Waals surface area contributed by atoms with E-state index in [1.54, 1.807) is 6.07 Å². The number of phenols is 1. The lowest BCUT2D eigenvalue weighted by Crippen LogP contribution is -2.11. The summed E-state index contributed by atoms with van der Waals surface area (Å²) in [6.07, 6.45) is 3.88. The summed E-state index contributed by atoms with van der Waals surface area (Å²) < 4.78 is 4.94. The first-order chi connectivity index (χ1) is 9.01. The fraction of sp³-hybridized carbons (Fsp3) is 0.538. The summed E-state index contributed by atoms with van der Waals surface area (Å²) in [7, 11) is 1.35. The van der Waals surface area contributed by atoms with E-state index < -0.39 is 10.7 Å². The second-order valence-corrected chi connectivity index (χ2v) is 4.45. The Labute approximate surface area is 112 Å². The number of phenolic OH excluding ortho intramolecular Hbond substituents is 1. The first-order valence-electron chi connectivity index (χ1n) is 6.32. The number of benzene rings is 1. The molecule has 0 spiro atoms. The van der Waals surface area contributed by atoms with Crippen LogP contribution in [0.4, 0.5) is 5.69 Å². The summed E-state index contributed by atoms with van der Waals surface area (Å²) in [6, 6.07) is 2.58. The molecule has 6 nitrogen and oxygen atoms in total. The van der Waals surface area contributed by atoms with Crippen molar-refractivity contribution in [1.29, 1.82) is 0 Å². The predicted molar refractivity (Wildman–Crippen MR) is 72.4 cm³/mol. The maximum absolute atomic E-state index is 10.9. The number of ether oxygens (including phenoxy) is 1. The molecule has 1 rings (SSSR count). The van der Waals surface area contributed by atoms with Gasteiger partial charge in [0, 0.05) is 12.1 Å². The van der Waals surface area contributed by atoms with Crippen LogP contribution in [0.3, 0.4) is 0 Å². The van der Waals surface area contributed by atoms with Crippen molar-refractivity contribution in [3.63, 3.8) is 0 Å². The minimum absolute atomic E-state index is 0.0788. The minimum Gasteiger partial charge on any atom is -0.500 e.